The molecule has 0 bridgehead atoms. The first-order valence-corrected chi connectivity index (χ1v) is 84.1. The minimum absolute atomic E-state index is 0.0713. The van der Waals surface area contributed by atoms with E-state index in [1.54, 1.807) is 13.8 Å². The van der Waals surface area contributed by atoms with Gasteiger partial charge in [-0.15, -0.1) is 0 Å². The fourth-order valence-electron chi connectivity index (χ4n) is 16.9. The maximum atomic E-state index is 10.8. The third-order valence-electron chi connectivity index (χ3n) is 24.6. The van der Waals surface area contributed by atoms with Gasteiger partial charge in [-0.05, 0) is 330 Å². The van der Waals surface area contributed by atoms with Gasteiger partial charge in [-0.25, -0.2) is 0 Å². The van der Waals surface area contributed by atoms with Crippen molar-refractivity contribution in [3.8, 4) is 0 Å². The van der Waals surface area contributed by atoms with Gasteiger partial charge in [-0.3, -0.25) is 9.59 Å². The van der Waals surface area contributed by atoms with Crippen LogP contribution in [0.15, 0.2) is 0 Å². The number of hydrogen-bond donors (Lipinski definition) is 8. The first kappa shape index (κ1) is 159. The zero-order valence-electron chi connectivity index (χ0n) is 103. The van der Waals surface area contributed by atoms with Crippen LogP contribution in [0, 0.1) is 0 Å². The first-order valence-electron chi connectivity index (χ1n) is 59.2. The Morgan fingerprint density at radius 3 is 0.899 bits per heavy atom. The number of unbranched alkanes of at least 4 members (excludes halogenated alkanes) is 14. The largest absolute Gasteiger partial charge is 0.469 e. The van der Waals surface area contributed by atoms with Gasteiger partial charge in [0.25, 0.3) is 0 Å². The number of nitrogens with one attached hydrogen (secondary N) is 1. The van der Waals surface area contributed by atoms with Crippen molar-refractivity contribution in [1.29, 1.82) is 0 Å². The minimum atomic E-state index is -1.77. The molecule has 0 radical (unpaired) electrons. The maximum absolute atomic E-state index is 10.8. The van der Waals surface area contributed by atoms with Gasteiger partial charge in [0.15, 0.2) is 66.5 Å². The van der Waals surface area contributed by atoms with Gasteiger partial charge < -0.3 is 134 Å². The topological polar surface area (TPSA) is 361 Å². The van der Waals surface area contributed by atoms with E-state index in [2.05, 4.69) is 169 Å². The van der Waals surface area contributed by atoms with Gasteiger partial charge >= 0.3 is 11.9 Å². The highest BCUT2D eigenvalue weighted by atomic mass is 28.4. The van der Waals surface area contributed by atoms with E-state index in [1.165, 1.54) is 123 Å². The molecule has 38 heteroatoms. The number of aliphatic hydroxyl groups is 7. The maximum Gasteiger partial charge on any atom is 0.305 e. The van der Waals surface area contributed by atoms with Crippen LogP contribution in [0.4, 0.5) is 0 Å². The van der Waals surface area contributed by atoms with Crippen molar-refractivity contribution in [2.75, 3.05) is 213 Å². The number of esters is 2. The summed E-state index contributed by atoms with van der Waals surface area (Å²) in [7, 11) is -6.64. The number of methoxy groups -OCH3 is 2. The Kier molecular flexibility index (Phi) is 110. The molecule has 149 heavy (non-hydrogen) atoms. The molecule has 30 nitrogen and oxygen atoms in total. The Morgan fingerprint density at radius 2 is 0.624 bits per heavy atom. The fourth-order valence-corrected chi connectivity index (χ4v) is 52.1. The van der Waals surface area contributed by atoms with Crippen LogP contribution in [-0.4, -0.2) is 403 Å². The quantitative estimate of drug-likeness (QED) is 0.0121. The van der Waals surface area contributed by atoms with Crippen LogP contribution < -0.4 is 5.32 Å². The lowest BCUT2D eigenvalue weighted by atomic mass is 10.1. The van der Waals surface area contributed by atoms with Crippen LogP contribution in [-0.2, 0) is 87.6 Å². The monoisotopic (exact) mass is 2280 g/mol. The third kappa shape index (κ3) is 123. The van der Waals surface area contributed by atoms with E-state index >= 15 is 0 Å². The summed E-state index contributed by atoms with van der Waals surface area (Å²) in [6.45, 7) is 84.3. The standard InChI is InChI=1S/C31H70N2O7Si2.C25H58N2O5Si2.C19H44O5Si2.C16H34O5Si2.C13H26O2.C3H6O2.2C2H6/c1-10-33(18-14-12-11-13-17-32(5)23-30(35)27-39-28(2)3)24-31(36)26-38-20-16-22-42(8,9)40-41(6,7)21-15-19-37-25-29(4)34;1-8-27(16-12-10-9-11-15-26-3)21-25(29)23-31-18-14-20-34(6,7)32-33(4,5)19-13-17-30-22-24(2)28;1-7-11-19(21)17-23-13-10-15-26(5,6)24-25(3,4)14-9-12-22-16-18(20)8-2;1-22(2,9-5-7-17-11-15-13-19-15)21-23(3,4)10-6-8-18-12-16-14-20-16;1-3-4-5-6-7-8-9-10-11-12-13(14)15-2;1-3(4)5-2;2*1-2/h28-31,34-36H,10-27H2,1-9H3;24-26,28-29H,8-23H2,1-7H3;18-21H,7-17H2,1-6H3;15-16H,5-14H2,1-4H3;3-12H2,1-2H3;1-2H3;2*1-2H3. The number of likely N-dealkylation sites (N-methyl/N-ethyl adjacent to an activating group) is 3. The number of hydrogen-bond acceptors (Lipinski definition) is 30. The summed E-state index contributed by atoms with van der Waals surface area (Å²) in [6.07, 6.45) is 30.5. The van der Waals surface area contributed by atoms with Gasteiger partial charge in [-0.2, -0.15) is 0 Å². The van der Waals surface area contributed by atoms with E-state index in [9.17, 15) is 45.3 Å². The first-order chi connectivity index (χ1) is 70.2. The van der Waals surface area contributed by atoms with E-state index in [-0.39, 0.29) is 30.3 Å². The molecule has 2 aliphatic rings. The SMILES string of the molecule is CC.CC.CCCC(O)COCCC[Si](C)(C)O[Si](C)(C)CCCOCC(O)CC.CCCCCCCCCCCC(=O)OC.CCN(CCCCCCN(C)CC(O)COC(C)C)CC(O)COCCC[Si](C)(C)O[Si](C)(C)CCCOCC(C)O.CCN(CCCCCCNC)CC(O)COCCC[Si](C)(C)O[Si](C)(C)CCCOCC(C)O.COC(C)=O.C[Si](C)(CCCOCC1CO1)O[Si](C)(C)CCCOCC1CO1. The summed E-state index contributed by atoms with van der Waals surface area (Å²) >= 11 is 0. The summed E-state index contributed by atoms with van der Waals surface area (Å²) < 4.78 is 96.1. The molecule has 0 aromatic rings. The molecule has 9 atom stereocenters. The molecule has 0 aliphatic carbocycles. The van der Waals surface area contributed by atoms with Crippen molar-refractivity contribution in [3.63, 3.8) is 0 Å². The van der Waals surface area contributed by atoms with Gasteiger partial charge in [0.05, 0.1) is 136 Å². The van der Waals surface area contributed by atoms with Crippen LogP contribution in [0.3, 0.4) is 0 Å². The molecule has 2 rings (SSSR count). The van der Waals surface area contributed by atoms with Crippen LogP contribution in [0.1, 0.15) is 283 Å². The summed E-state index contributed by atoms with van der Waals surface area (Å²) in [5.41, 5.74) is 0. The predicted molar refractivity (Wildman–Crippen MR) is 642 cm³/mol. The van der Waals surface area contributed by atoms with Crippen molar-refractivity contribution < 1.29 is 123 Å². The highest BCUT2D eigenvalue weighted by Gasteiger charge is 2.37. The van der Waals surface area contributed by atoms with Crippen molar-refractivity contribution in [3.05, 3.63) is 0 Å². The van der Waals surface area contributed by atoms with Gasteiger partial charge in [0, 0.05) is 85.8 Å². The van der Waals surface area contributed by atoms with Gasteiger partial charge in [0.1, 0.15) is 12.2 Å². The second-order valence-electron chi connectivity index (χ2n) is 45.7. The van der Waals surface area contributed by atoms with Crippen molar-refractivity contribution in [1.82, 2.24) is 20.0 Å². The fraction of sp³-hybridized carbons (Fsp3) is 0.982. The summed E-state index contributed by atoms with van der Waals surface area (Å²) in [4.78, 5) is 27.2. The number of epoxide rings is 2. The van der Waals surface area contributed by atoms with Crippen molar-refractivity contribution in [2.24, 2.45) is 0 Å². The number of nitrogens with zero attached hydrogens (tertiary/aromatic N) is 3. The van der Waals surface area contributed by atoms with E-state index in [4.69, 9.17) is 68.6 Å². The molecule has 2 heterocycles. The summed E-state index contributed by atoms with van der Waals surface area (Å²) in [5, 5.41) is 71.9. The Morgan fingerprint density at radius 1 is 0.349 bits per heavy atom. The average Bonchev–Trinajstić information content (AvgIpc) is 1.52. The third-order valence-corrected chi connectivity index (χ3v) is 54.8. The van der Waals surface area contributed by atoms with E-state index in [0.717, 1.165) is 205 Å². The van der Waals surface area contributed by atoms with Crippen LogP contribution in [0.25, 0.3) is 0 Å². The lowest BCUT2D eigenvalue weighted by Crippen LogP contribution is -2.44. The Labute approximate surface area is 926 Å². The molecular weight excluding hydrogens is 2030 g/mol. The smallest absolute Gasteiger partial charge is 0.305 e. The molecule has 2 fully saturated rings. The molecule has 0 saturated carbocycles. The molecule has 0 amide bonds. The van der Waals surface area contributed by atoms with Crippen LogP contribution in [0.2, 0.25) is 153 Å². The lowest BCUT2D eigenvalue weighted by Gasteiger charge is -2.34. The van der Waals surface area contributed by atoms with Crippen molar-refractivity contribution >= 4 is 78.5 Å². The average molecular weight is 2280 g/mol. The van der Waals surface area contributed by atoms with Crippen LogP contribution in [0.5, 0.6) is 0 Å². The molecule has 902 valence electrons. The number of aliphatic hydroxyl groups excluding tert-OH is 7. The molecule has 0 aromatic carbocycles. The lowest BCUT2D eigenvalue weighted by molar-refractivity contribution is -0.141. The number of rotatable bonds is 94. The summed E-state index contributed by atoms with van der Waals surface area (Å²) in [5.74, 6) is -0.317. The Balaban J connectivity index is -0.000000432. The molecule has 8 N–H and O–H groups in total. The Hall–Kier alpha value is -0.365. The van der Waals surface area contributed by atoms with Crippen LogP contribution >= 0.6 is 0 Å². The number of carbonyl (C=O) groups is 2. The predicted octanol–water partition coefficient (Wildman–Crippen LogP) is 22.1. The van der Waals surface area contributed by atoms with E-state index < -0.39 is 97.1 Å². The number of carbonyl (C=O) groups excluding carboxylic acids is 2. The highest BCUT2D eigenvalue weighted by molar-refractivity contribution is 6.86. The highest BCUT2D eigenvalue weighted by Crippen LogP contribution is 2.30. The normalized spacial score (nSPS) is 15.3. The van der Waals surface area contributed by atoms with Crippen molar-refractivity contribution in [2.45, 2.75) is 497 Å². The second-order valence-corrected chi connectivity index (χ2v) is 81.1. The van der Waals surface area contributed by atoms with Gasteiger partial charge in [-0.1, -0.05) is 146 Å². The molecule has 2 aliphatic heterocycles. The molecule has 9 unspecified atom stereocenters. The Bertz CT molecular complexity index is 2810. The molecule has 2 saturated heterocycles. The zero-order valence-corrected chi connectivity index (χ0v) is 111. The van der Waals surface area contributed by atoms with E-state index in [0.29, 0.717) is 124 Å². The molecular formula is C111H250N4O26Si8. The second kappa shape index (κ2) is 103. The van der Waals surface area contributed by atoms with Gasteiger partial charge in [0.2, 0.25) is 0 Å². The van der Waals surface area contributed by atoms with E-state index in [1.807, 2.05) is 55.5 Å². The summed E-state index contributed by atoms with van der Waals surface area (Å²) in [6, 6.07) is 8.80. The molecule has 0 aromatic heterocycles. The number of ether oxygens (including phenoxy) is 13. The zero-order chi connectivity index (χ0) is 114. The minimum Gasteiger partial charge on any atom is -0.469 e. The molecule has 0 spiro atoms.